The second-order valence-corrected chi connectivity index (χ2v) is 6.75. The van der Waals surface area contributed by atoms with Crippen molar-refractivity contribution in [1.29, 1.82) is 0 Å². The monoisotopic (exact) mass is 376 g/mol. The highest BCUT2D eigenvalue weighted by atomic mass is 35.5. The van der Waals surface area contributed by atoms with Gasteiger partial charge < -0.3 is 10.1 Å². The van der Waals surface area contributed by atoms with E-state index in [0.717, 1.165) is 0 Å². The first kappa shape index (κ1) is 17.4. The quantitative estimate of drug-likeness (QED) is 0.675. The summed E-state index contributed by atoms with van der Waals surface area (Å²) < 4.78 is 18.4. The number of nitrogens with zero attached hydrogens (tertiary/aromatic N) is 1. The molecule has 7 heteroatoms. The summed E-state index contributed by atoms with van der Waals surface area (Å²) in [5, 5.41) is 4.08. The third-order valence-electron chi connectivity index (χ3n) is 3.33. The van der Waals surface area contributed by atoms with E-state index in [1.165, 1.54) is 23.5 Å². The van der Waals surface area contributed by atoms with Crippen LogP contribution in [0.3, 0.4) is 0 Å². The van der Waals surface area contributed by atoms with Crippen LogP contribution < -0.4 is 10.1 Å². The second kappa shape index (κ2) is 7.63. The summed E-state index contributed by atoms with van der Waals surface area (Å²) in [6.45, 7) is 1.99. The zero-order valence-electron chi connectivity index (χ0n) is 13.3. The molecule has 4 nitrogen and oxygen atoms in total. The molecule has 3 aromatic rings. The lowest BCUT2D eigenvalue weighted by Gasteiger charge is -2.04. The number of rotatable bonds is 5. The van der Waals surface area contributed by atoms with Gasteiger partial charge in [-0.2, -0.15) is 0 Å². The number of benzene rings is 2. The van der Waals surface area contributed by atoms with E-state index in [4.69, 9.17) is 16.3 Å². The van der Waals surface area contributed by atoms with Crippen LogP contribution in [0.15, 0.2) is 48.5 Å². The molecule has 2 aromatic carbocycles. The van der Waals surface area contributed by atoms with Crippen LogP contribution >= 0.6 is 22.9 Å². The zero-order chi connectivity index (χ0) is 17.8. The first-order valence-electron chi connectivity index (χ1n) is 7.43. The second-order valence-electron chi connectivity index (χ2n) is 5.23. The van der Waals surface area contributed by atoms with Gasteiger partial charge in [0.15, 0.2) is 0 Å². The van der Waals surface area contributed by atoms with Crippen LogP contribution in [-0.2, 0) is 6.61 Å². The van der Waals surface area contributed by atoms with E-state index in [0.29, 0.717) is 32.0 Å². The molecule has 1 N–H and O–H groups in total. The molecule has 0 atom stereocenters. The SMILES string of the molecule is Cc1nc(COc2ccc(F)cc2)sc1C(=O)Nc1ccc(Cl)cc1. The summed E-state index contributed by atoms with van der Waals surface area (Å²) in [6, 6.07) is 12.6. The number of amides is 1. The minimum absolute atomic E-state index is 0.214. The number of halogens is 2. The average Bonchev–Trinajstić information content (AvgIpc) is 2.97. The molecule has 0 bridgehead atoms. The maximum Gasteiger partial charge on any atom is 0.267 e. The number of thiazole rings is 1. The molecule has 0 aliphatic rings. The maximum atomic E-state index is 12.9. The van der Waals surface area contributed by atoms with Crippen molar-refractivity contribution in [3.63, 3.8) is 0 Å². The van der Waals surface area contributed by atoms with E-state index in [2.05, 4.69) is 10.3 Å². The van der Waals surface area contributed by atoms with Crippen LogP contribution in [0.2, 0.25) is 5.02 Å². The number of hydrogen-bond acceptors (Lipinski definition) is 4. The van der Waals surface area contributed by atoms with Crippen molar-refractivity contribution in [3.05, 3.63) is 74.9 Å². The Labute approximate surface area is 153 Å². The van der Waals surface area contributed by atoms with E-state index < -0.39 is 0 Å². The lowest BCUT2D eigenvalue weighted by atomic mass is 10.3. The molecular formula is C18H14ClFN2O2S. The number of carbonyl (C=O) groups is 1. The van der Waals surface area contributed by atoms with Crippen molar-refractivity contribution in [2.45, 2.75) is 13.5 Å². The Hall–Kier alpha value is -2.44. The molecule has 0 aliphatic heterocycles. The van der Waals surface area contributed by atoms with Gasteiger partial charge in [0.1, 0.15) is 28.1 Å². The third-order valence-corrected chi connectivity index (χ3v) is 4.71. The largest absolute Gasteiger partial charge is 0.486 e. The van der Waals surface area contributed by atoms with Crippen molar-refractivity contribution in [2.75, 3.05) is 5.32 Å². The molecule has 0 unspecified atom stereocenters. The minimum Gasteiger partial charge on any atom is -0.486 e. The predicted molar refractivity (Wildman–Crippen MR) is 97.0 cm³/mol. The molecule has 0 spiro atoms. The van der Waals surface area contributed by atoms with Crippen LogP contribution in [0.4, 0.5) is 10.1 Å². The number of anilines is 1. The van der Waals surface area contributed by atoms with Crippen molar-refractivity contribution >= 4 is 34.5 Å². The van der Waals surface area contributed by atoms with Crippen molar-refractivity contribution < 1.29 is 13.9 Å². The summed E-state index contributed by atoms with van der Waals surface area (Å²) in [6.07, 6.45) is 0. The fourth-order valence-corrected chi connectivity index (χ4v) is 3.12. The molecule has 0 fully saturated rings. The van der Waals surface area contributed by atoms with E-state index in [1.807, 2.05) is 0 Å². The topological polar surface area (TPSA) is 51.2 Å². The molecule has 0 saturated heterocycles. The third kappa shape index (κ3) is 4.55. The molecule has 0 radical (unpaired) electrons. The molecule has 1 amide bonds. The first-order chi connectivity index (χ1) is 12.0. The number of nitrogens with one attached hydrogen (secondary N) is 1. The van der Waals surface area contributed by atoms with E-state index in [9.17, 15) is 9.18 Å². The fraction of sp³-hybridized carbons (Fsp3) is 0.111. The highest BCUT2D eigenvalue weighted by Gasteiger charge is 2.16. The first-order valence-corrected chi connectivity index (χ1v) is 8.62. The van der Waals surface area contributed by atoms with Gasteiger partial charge in [-0.25, -0.2) is 9.37 Å². The molecule has 25 heavy (non-hydrogen) atoms. The summed E-state index contributed by atoms with van der Waals surface area (Å²) >= 11 is 7.10. The molecule has 1 aromatic heterocycles. The Morgan fingerprint density at radius 3 is 2.56 bits per heavy atom. The smallest absolute Gasteiger partial charge is 0.267 e. The highest BCUT2D eigenvalue weighted by molar-refractivity contribution is 7.13. The molecule has 1 heterocycles. The number of carbonyl (C=O) groups excluding carboxylic acids is 1. The standard InChI is InChI=1S/C18H14ClFN2O2S/c1-11-17(18(23)22-14-6-2-12(19)3-7-14)25-16(21-11)10-24-15-8-4-13(20)5-9-15/h2-9H,10H2,1H3,(H,22,23). The molecule has 3 rings (SSSR count). The lowest BCUT2D eigenvalue weighted by Crippen LogP contribution is -2.11. The van der Waals surface area contributed by atoms with Gasteiger partial charge in [-0.1, -0.05) is 11.6 Å². The lowest BCUT2D eigenvalue weighted by molar-refractivity contribution is 0.103. The number of hydrogen-bond donors (Lipinski definition) is 1. The molecule has 128 valence electrons. The highest BCUT2D eigenvalue weighted by Crippen LogP contribution is 2.22. The fourth-order valence-electron chi connectivity index (χ4n) is 2.12. The molecular weight excluding hydrogens is 363 g/mol. The zero-order valence-corrected chi connectivity index (χ0v) is 14.8. The van der Waals surface area contributed by atoms with Gasteiger partial charge >= 0.3 is 0 Å². The Balaban J connectivity index is 1.65. The van der Waals surface area contributed by atoms with Crippen LogP contribution in [0, 0.1) is 12.7 Å². The van der Waals surface area contributed by atoms with Gasteiger partial charge in [0.2, 0.25) is 0 Å². The molecule has 0 aliphatic carbocycles. The predicted octanol–water partition coefficient (Wildman–Crippen LogP) is 5.08. The van der Waals surface area contributed by atoms with Crippen molar-refractivity contribution in [3.8, 4) is 5.75 Å². The molecule has 0 saturated carbocycles. The van der Waals surface area contributed by atoms with E-state index >= 15 is 0 Å². The number of ether oxygens (including phenoxy) is 1. The minimum atomic E-state index is -0.321. The van der Waals surface area contributed by atoms with Gasteiger partial charge in [0.05, 0.1) is 5.69 Å². The summed E-state index contributed by atoms with van der Waals surface area (Å²) in [5.41, 5.74) is 1.29. The Bertz CT molecular complexity index is 879. The van der Waals surface area contributed by atoms with Gasteiger partial charge in [-0.05, 0) is 55.5 Å². The van der Waals surface area contributed by atoms with Gasteiger partial charge in [0.25, 0.3) is 5.91 Å². The average molecular weight is 377 g/mol. The van der Waals surface area contributed by atoms with Crippen molar-refractivity contribution in [1.82, 2.24) is 4.98 Å². The van der Waals surface area contributed by atoms with Gasteiger partial charge in [-0.3, -0.25) is 4.79 Å². The van der Waals surface area contributed by atoms with E-state index in [-0.39, 0.29) is 18.3 Å². The number of aryl methyl sites for hydroxylation is 1. The normalized spacial score (nSPS) is 10.5. The van der Waals surface area contributed by atoms with Crippen LogP contribution in [0.25, 0.3) is 0 Å². The Morgan fingerprint density at radius 1 is 1.20 bits per heavy atom. The van der Waals surface area contributed by atoms with Gasteiger partial charge in [-0.15, -0.1) is 11.3 Å². The van der Waals surface area contributed by atoms with Crippen molar-refractivity contribution in [2.24, 2.45) is 0 Å². The van der Waals surface area contributed by atoms with E-state index in [1.54, 1.807) is 43.3 Å². The maximum absolute atomic E-state index is 12.9. The van der Waals surface area contributed by atoms with Crippen LogP contribution in [0.5, 0.6) is 5.75 Å². The Kier molecular flexibility index (Phi) is 5.31. The number of aromatic nitrogens is 1. The Morgan fingerprint density at radius 2 is 1.88 bits per heavy atom. The van der Waals surface area contributed by atoms with Crippen LogP contribution in [0.1, 0.15) is 20.4 Å². The summed E-state index contributed by atoms with van der Waals surface area (Å²) in [5.74, 6) is -0.00891. The van der Waals surface area contributed by atoms with Gasteiger partial charge in [0, 0.05) is 10.7 Å². The summed E-state index contributed by atoms with van der Waals surface area (Å²) in [7, 11) is 0. The summed E-state index contributed by atoms with van der Waals surface area (Å²) in [4.78, 5) is 17.3. The van der Waals surface area contributed by atoms with Crippen LogP contribution in [-0.4, -0.2) is 10.9 Å².